The number of hydrogen-bond donors (Lipinski definition) is 0. The van der Waals surface area contributed by atoms with E-state index in [1.54, 1.807) is 6.08 Å². The molecule has 78 valence electrons. The van der Waals surface area contributed by atoms with Crippen molar-refractivity contribution in [1.82, 2.24) is 0 Å². The highest BCUT2D eigenvalue weighted by molar-refractivity contribution is 6.55. The Morgan fingerprint density at radius 3 is 1.86 bits per heavy atom. The van der Waals surface area contributed by atoms with Crippen LogP contribution in [-0.2, 0) is 9.31 Å². The van der Waals surface area contributed by atoms with E-state index in [2.05, 4.69) is 6.58 Å². The first-order valence-electron chi connectivity index (χ1n) is 4.98. The van der Waals surface area contributed by atoms with E-state index in [1.165, 1.54) is 0 Å². The molecule has 0 N–H and O–H groups in total. The van der Waals surface area contributed by atoms with Crippen molar-refractivity contribution in [2.24, 2.45) is 0 Å². The van der Waals surface area contributed by atoms with E-state index in [-0.39, 0.29) is 18.3 Å². The lowest BCUT2D eigenvalue weighted by Gasteiger charge is -2.32. The molecule has 2 nitrogen and oxygen atoms in total. The van der Waals surface area contributed by atoms with Crippen molar-refractivity contribution in [3.05, 3.63) is 24.2 Å². The number of hydrogen-bond acceptors (Lipinski definition) is 2. The molecule has 0 aromatic rings. The lowest BCUT2D eigenvalue weighted by atomic mass is 9.78. The van der Waals surface area contributed by atoms with E-state index >= 15 is 0 Å². The van der Waals surface area contributed by atoms with Gasteiger partial charge in [0, 0.05) is 0 Å². The lowest BCUT2D eigenvalue weighted by molar-refractivity contribution is 0.00578. The van der Waals surface area contributed by atoms with Gasteiger partial charge in [0.2, 0.25) is 0 Å². The predicted octanol–water partition coefficient (Wildman–Crippen LogP) is 2.75. The first-order valence-corrected chi connectivity index (χ1v) is 4.98. The molecule has 1 aliphatic rings. The topological polar surface area (TPSA) is 18.5 Å². The average Bonchev–Trinajstić information content (AvgIpc) is 2.23. The van der Waals surface area contributed by atoms with Crippen LogP contribution in [0, 0.1) is 0 Å². The molecular weight excluding hydrogens is 175 g/mol. The first-order chi connectivity index (χ1) is 6.34. The van der Waals surface area contributed by atoms with Gasteiger partial charge in [0.25, 0.3) is 0 Å². The second-order valence-corrected chi connectivity index (χ2v) is 4.58. The van der Waals surface area contributed by atoms with Gasteiger partial charge < -0.3 is 9.31 Å². The zero-order valence-corrected chi connectivity index (χ0v) is 9.76. The fourth-order valence-electron chi connectivity index (χ4n) is 1.33. The molecule has 14 heavy (non-hydrogen) atoms. The zero-order valence-electron chi connectivity index (χ0n) is 9.76. The molecule has 0 unspecified atom stereocenters. The van der Waals surface area contributed by atoms with E-state index in [4.69, 9.17) is 9.31 Å². The highest BCUT2D eigenvalue weighted by atomic mass is 16.7. The second-order valence-electron chi connectivity index (χ2n) is 4.58. The summed E-state index contributed by atoms with van der Waals surface area (Å²) < 4.78 is 11.7. The molecular formula is C11H19BO2. The van der Waals surface area contributed by atoms with Crippen LogP contribution in [0.3, 0.4) is 0 Å². The Labute approximate surface area is 87.1 Å². The normalized spacial score (nSPS) is 25.2. The largest absolute Gasteiger partial charge is 0.494 e. The summed E-state index contributed by atoms with van der Waals surface area (Å²) in [6, 6.07) is 0. The Kier molecular flexibility index (Phi) is 2.93. The first kappa shape index (κ1) is 11.5. The van der Waals surface area contributed by atoms with Crippen LogP contribution in [0.25, 0.3) is 0 Å². The van der Waals surface area contributed by atoms with Gasteiger partial charge in [-0.3, -0.25) is 0 Å². The Balaban J connectivity index is 2.88. The van der Waals surface area contributed by atoms with Crippen LogP contribution in [0.5, 0.6) is 0 Å². The minimum absolute atomic E-state index is 0.269. The number of rotatable bonds is 2. The minimum Gasteiger partial charge on any atom is -0.399 e. The molecule has 1 fully saturated rings. The molecule has 1 heterocycles. The summed E-state index contributed by atoms with van der Waals surface area (Å²) in [5.74, 6) is 0. The molecule has 0 bridgehead atoms. The maximum atomic E-state index is 5.85. The Bertz CT molecular complexity index is 250. The Hall–Kier alpha value is -0.535. The van der Waals surface area contributed by atoms with Gasteiger partial charge in [-0.05, 0) is 40.1 Å². The molecule has 0 aromatic carbocycles. The minimum atomic E-state index is -0.275. The summed E-state index contributed by atoms with van der Waals surface area (Å²) in [6.07, 6.45) is 3.75. The average molecular weight is 194 g/mol. The maximum Gasteiger partial charge on any atom is 0.494 e. The standard InChI is InChI=1S/C11H19BO2/c1-7-9(8-2)12-13-10(3,4)11(5,6)14-12/h7-8H,1H2,2-6H3/b9-8-. The SMILES string of the molecule is C=C/C(=C/C)B1OC(C)(C)C(C)(C)O1. The number of allylic oxidation sites excluding steroid dienone is 3. The third-order valence-corrected chi connectivity index (χ3v) is 3.09. The van der Waals surface area contributed by atoms with Crippen molar-refractivity contribution in [1.29, 1.82) is 0 Å². The zero-order chi connectivity index (χ0) is 11.0. The summed E-state index contributed by atoms with van der Waals surface area (Å²) in [4.78, 5) is 0. The molecule has 0 amide bonds. The van der Waals surface area contributed by atoms with Crippen molar-refractivity contribution in [3.8, 4) is 0 Å². The van der Waals surface area contributed by atoms with Gasteiger partial charge in [0.1, 0.15) is 0 Å². The van der Waals surface area contributed by atoms with Crippen LogP contribution in [0.1, 0.15) is 34.6 Å². The fraction of sp³-hybridized carbons (Fsp3) is 0.636. The van der Waals surface area contributed by atoms with Crippen molar-refractivity contribution in [2.45, 2.75) is 45.8 Å². The highest BCUT2D eigenvalue weighted by Crippen LogP contribution is 2.38. The van der Waals surface area contributed by atoms with Crippen LogP contribution in [0.15, 0.2) is 24.2 Å². The van der Waals surface area contributed by atoms with Gasteiger partial charge in [0.05, 0.1) is 11.2 Å². The van der Waals surface area contributed by atoms with Crippen molar-refractivity contribution < 1.29 is 9.31 Å². The van der Waals surface area contributed by atoms with Gasteiger partial charge in [-0.2, -0.15) is 0 Å². The third kappa shape index (κ3) is 1.79. The summed E-state index contributed by atoms with van der Waals surface area (Å²) in [6.45, 7) is 13.9. The molecule has 1 aliphatic heterocycles. The fourth-order valence-corrected chi connectivity index (χ4v) is 1.33. The molecule has 0 spiro atoms. The summed E-state index contributed by atoms with van der Waals surface area (Å²) in [5.41, 5.74) is 0.452. The molecule has 0 saturated carbocycles. The summed E-state index contributed by atoms with van der Waals surface area (Å²) in [5, 5.41) is 0. The maximum absolute atomic E-state index is 5.85. The van der Waals surface area contributed by atoms with Gasteiger partial charge in [-0.15, -0.1) is 0 Å². The lowest BCUT2D eigenvalue weighted by Crippen LogP contribution is -2.41. The van der Waals surface area contributed by atoms with Crippen LogP contribution < -0.4 is 0 Å². The van der Waals surface area contributed by atoms with Crippen LogP contribution in [0.4, 0.5) is 0 Å². The molecule has 3 heteroatoms. The quantitative estimate of drug-likeness (QED) is 0.497. The second kappa shape index (κ2) is 3.56. The van der Waals surface area contributed by atoms with Gasteiger partial charge in [-0.1, -0.05) is 18.7 Å². The molecule has 0 aliphatic carbocycles. The van der Waals surface area contributed by atoms with Crippen molar-refractivity contribution in [2.75, 3.05) is 0 Å². The predicted molar refractivity (Wildman–Crippen MR) is 60.0 cm³/mol. The molecule has 0 atom stereocenters. The third-order valence-electron chi connectivity index (χ3n) is 3.09. The molecule has 0 radical (unpaired) electrons. The van der Waals surface area contributed by atoms with Crippen molar-refractivity contribution >= 4 is 7.12 Å². The molecule has 1 saturated heterocycles. The van der Waals surface area contributed by atoms with E-state index in [0.29, 0.717) is 0 Å². The summed E-state index contributed by atoms with van der Waals surface area (Å²) in [7, 11) is -0.275. The Morgan fingerprint density at radius 2 is 1.57 bits per heavy atom. The molecule has 0 aromatic heterocycles. The van der Waals surface area contributed by atoms with Crippen LogP contribution in [-0.4, -0.2) is 18.3 Å². The van der Waals surface area contributed by atoms with E-state index in [1.807, 2.05) is 40.7 Å². The van der Waals surface area contributed by atoms with E-state index in [0.717, 1.165) is 5.47 Å². The van der Waals surface area contributed by atoms with Gasteiger partial charge >= 0.3 is 7.12 Å². The highest BCUT2D eigenvalue weighted by Gasteiger charge is 2.51. The monoisotopic (exact) mass is 194 g/mol. The van der Waals surface area contributed by atoms with Crippen LogP contribution >= 0.6 is 0 Å². The van der Waals surface area contributed by atoms with E-state index < -0.39 is 0 Å². The van der Waals surface area contributed by atoms with Crippen LogP contribution in [0.2, 0.25) is 0 Å². The van der Waals surface area contributed by atoms with E-state index in [9.17, 15) is 0 Å². The summed E-state index contributed by atoms with van der Waals surface area (Å²) >= 11 is 0. The Morgan fingerprint density at radius 1 is 1.14 bits per heavy atom. The van der Waals surface area contributed by atoms with Gasteiger partial charge in [-0.25, -0.2) is 0 Å². The smallest absolute Gasteiger partial charge is 0.399 e. The molecule has 1 rings (SSSR count). The van der Waals surface area contributed by atoms with Crippen molar-refractivity contribution in [3.63, 3.8) is 0 Å². The van der Waals surface area contributed by atoms with Gasteiger partial charge in [0.15, 0.2) is 0 Å².